The van der Waals surface area contributed by atoms with Gasteiger partial charge < -0.3 is 10.1 Å². The van der Waals surface area contributed by atoms with Crippen LogP contribution in [0.2, 0.25) is 0 Å². The highest BCUT2D eigenvalue weighted by molar-refractivity contribution is 4.93. The van der Waals surface area contributed by atoms with Crippen LogP contribution < -0.4 is 5.32 Å². The van der Waals surface area contributed by atoms with Crippen LogP contribution in [0.15, 0.2) is 0 Å². The maximum atomic E-state index is 5.87. The molecule has 92 valence electrons. The lowest BCUT2D eigenvalue weighted by Crippen LogP contribution is -2.40. The molecule has 0 radical (unpaired) electrons. The second-order valence-electron chi connectivity index (χ2n) is 5.98. The van der Waals surface area contributed by atoms with Crippen molar-refractivity contribution in [2.45, 2.75) is 63.5 Å². The fourth-order valence-corrected chi connectivity index (χ4v) is 3.43. The van der Waals surface area contributed by atoms with Gasteiger partial charge in [0, 0.05) is 12.6 Å². The molecule has 2 aliphatic carbocycles. The Kier molecular flexibility index (Phi) is 3.49. The summed E-state index contributed by atoms with van der Waals surface area (Å²) in [5.74, 6) is 1.85. The van der Waals surface area contributed by atoms with E-state index < -0.39 is 0 Å². The molecule has 2 nitrogen and oxygen atoms in total. The van der Waals surface area contributed by atoms with Gasteiger partial charge in [0.15, 0.2) is 0 Å². The van der Waals surface area contributed by atoms with Crippen molar-refractivity contribution < 1.29 is 4.74 Å². The van der Waals surface area contributed by atoms with Crippen LogP contribution in [0, 0.1) is 11.8 Å². The minimum absolute atomic E-state index is 0.559. The maximum absolute atomic E-state index is 5.87. The topological polar surface area (TPSA) is 21.3 Å². The number of rotatable bonds is 4. The van der Waals surface area contributed by atoms with Crippen LogP contribution in [-0.2, 0) is 4.74 Å². The van der Waals surface area contributed by atoms with Gasteiger partial charge in [-0.05, 0) is 50.5 Å². The third kappa shape index (κ3) is 2.60. The molecule has 3 fully saturated rings. The molecule has 16 heavy (non-hydrogen) atoms. The van der Waals surface area contributed by atoms with E-state index in [0.717, 1.165) is 18.4 Å². The molecule has 0 aromatic rings. The predicted octanol–water partition coefficient (Wildman–Crippen LogP) is 2.72. The van der Waals surface area contributed by atoms with E-state index in [2.05, 4.69) is 5.32 Å². The lowest BCUT2D eigenvalue weighted by Gasteiger charge is -2.26. The molecule has 3 aliphatic rings. The molecule has 2 heteroatoms. The summed E-state index contributed by atoms with van der Waals surface area (Å²) in [7, 11) is 0. The maximum Gasteiger partial charge on any atom is 0.0756 e. The molecule has 0 bridgehead atoms. The molecule has 3 rings (SSSR count). The summed E-state index contributed by atoms with van der Waals surface area (Å²) in [6.45, 7) is 2.24. The van der Waals surface area contributed by atoms with E-state index in [1.807, 2.05) is 0 Å². The first-order valence-corrected chi connectivity index (χ1v) is 7.28. The van der Waals surface area contributed by atoms with Gasteiger partial charge in [0.25, 0.3) is 0 Å². The van der Waals surface area contributed by atoms with Gasteiger partial charge in [0.1, 0.15) is 0 Å². The molecule has 2 saturated carbocycles. The van der Waals surface area contributed by atoms with Crippen molar-refractivity contribution in [1.82, 2.24) is 5.32 Å². The fraction of sp³-hybridized carbons (Fsp3) is 1.00. The summed E-state index contributed by atoms with van der Waals surface area (Å²) in [4.78, 5) is 0. The number of nitrogens with one attached hydrogen (secondary N) is 1. The van der Waals surface area contributed by atoms with Crippen molar-refractivity contribution in [3.63, 3.8) is 0 Å². The Morgan fingerprint density at radius 3 is 2.50 bits per heavy atom. The van der Waals surface area contributed by atoms with Crippen molar-refractivity contribution in [1.29, 1.82) is 0 Å². The first kappa shape index (κ1) is 11.0. The molecule has 1 heterocycles. The Labute approximate surface area is 99.1 Å². The van der Waals surface area contributed by atoms with E-state index in [4.69, 9.17) is 4.74 Å². The molecule has 2 atom stereocenters. The molecule has 0 aromatic carbocycles. The molecule has 1 aliphatic heterocycles. The lowest BCUT2D eigenvalue weighted by molar-refractivity contribution is 0.0799. The summed E-state index contributed by atoms with van der Waals surface area (Å²) in [6, 6.07) is 0.675. The number of hydrogen-bond donors (Lipinski definition) is 1. The van der Waals surface area contributed by atoms with E-state index in [1.165, 1.54) is 57.9 Å². The Hall–Kier alpha value is -0.0800. The Balaban J connectivity index is 1.42. The van der Waals surface area contributed by atoms with E-state index in [-0.39, 0.29) is 0 Å². The van der Waals surface area contributed by atoms with Crippen LogP contribution in [0.1, 0.15) is 51.4 Å². The Morgan fingerprint density at radius 2 is 1.75 bits per heavy atom. The van der Waals surface area contributed by atoms with Gasteiger partial charge in [0.2, 0.25) is 0 Å². The largest absolute Gasteiger partial charge is 0.376 e. The van der Waals surface area contributed by atoms with Crippen LogP contribution in [-0.4, -0.2) is 25.3 Å². The molecule has 1 N–H and O–H groups in total. The van der Waals surface area contributed by atoms with Gasteiger partial charge >= 0.3 is 0 Å². The summed E-state index contributed by atoms with van der Waals surface area (Å²) in [6.07, 6.45) is 11.9. The van der Waals surface area contributed by atoms with Gasteiger partial charge in [-0.25, -0.2) is 0 Å². The number of hydrogen-bond acceptors (Lipinski definition) is 2. The van der Waals surface area contributed by atoms with Crippen molar-refractivity contribution in [3.05, 3.63) is 0 Å². The summed E-state index contributed by atoms with van der Waals surface area (Å²) >= 11 is 0. The van der Waals surface area contributed by atoms with E-state index in [1.54, 1.807) is 0 Å². The minimum Gasteiger partial charge on any atom is -0.376 e. The van der Waals surface area contributed by atoms with E-state index >= 15 is 0 Å². The Bertz CT molecular complexity index is 221. The molecular weight excluding hydrogens is 198 g/mol. The van der Waals surface area contributed by atoms with Crippen LogP contribution in [0.4, 0.5) is 0 Å². The van der Waals surface area contributed by atoms with Crippen molar-refractivity contribution in [2.24, 2.45) is 11.8 Å². The number of ether oxygens (including phenoxy) is 1. The monoisotopic (exact) mass is 223 g/mol. The molecule has 0 amide bonds. The highest BCUT2D eigenvalue weighted by Gasteiger charge is 2.40. The zero-order chi connectivity index (χ0) is 10.8. The first-order chi connectivity index (χ1) is 7.93. The summed E-state index contributed by atoms with van der Waals surface area (Å²) in [5, 5.41) is 3.80. The highest BCUT2D eigenvalue weighted by Crippen LogP contribution is 2.38. The fourth-order valence-electron chi connectivity index (χ4n) is 3.43. The minimum atomic E-state index is 0.559. The summed E-state index contributed by atoms with van der Waals surface area (Å²) in [5.41, 5.74) is 0. The third-order valence-corrected chi connectivity index (χ3v) is 4.62. The van der Waals surface area contributed by atoms with Gasteiger partial charge in [-0.2, -0.15) is 0 Å². The van der Waals surface area contributed by atoms with Crippen molar-refractivity contribution in [2.75, 3.05) is 13.2 Å². The molecule has 0 aromatic heterocycles. The molecule has 0 spiro atoms. The quantitative estimate of drug-likeness (QED) is 0.791. The van der Waals surface area contributed by atoms with Crippen LogP contribution >= 0.6 is 0 Å². The average Bonchev–Trinajstić information content (AvgIpc) is 3.07. The van der Waals surface area contributed by atoms with Gasteiger partial charge in [-0.15, -0.1) is 0 Å². The molecular formula is C14H25NO. The van der Waals surface area contributed by atoms with Crippen LogP contribution in [0.25, 0.3) is 0 Å². The van der Waals surface area contributed by atoms with E-state index in [0.29, 0.717) is 12.1 Å². The smallest absolute Gasteiger partial charge is 0.0756 e. The molecule has 1 saturated heterocycles. The van der Waals surface area contributed by atoms with Crippen LogP contribution in [0.3, 0.4) is 0 Å². The second-order valence-corrected chi connectivity index (χ2v) is 5.98. The lowest BCUT2D eigenvalue weighted by atomic mass is 9.89. The van der Waals surface area contributed by atoms with Gasteiger partial charge in [-0.1, -0.05) is 19.3 Å². The Morgan fingerprint density at radius 1 is 0.938 bits per heavy atom. The van der Waals surface area contributed by atoms with Crippen molar-refractivity contribution >= 4 is 0 Å². The van der Waals surface area contributed by atoms with E-state index in [9.17, 15) is 0 Å². The van der Waals surface area contributed by atoms with Gasteiger partial charge in [-0.3, -0.25) is 0 Å². The zero-order valence-corrected chi connectivity index (χ0v) is 10.3. The third-order valence-electron chi connectivity index (χ3n) is 4.62. The SMILES string of the molecule is C1CCC(CNC2CCOC2C2CC2)CC1. The standard InChI is InChI=1S/C14H25NO/c1-2-4-11(5-3-1)10-15-13-8-9-16-14(13)12-6-7-12/h11-15H,1-10H2. The zero-order valence-electron chi connectivity index (χ0n) is 10.3. The predicted molar refractivity (Wildman–Crippen MR) is 65.4 cm³/mol. The first-order valence-electron chi connectivity index (χ1n) is 7.28. The second kappa shape index (κ2) is 5.05. The normalized spacial score (nSPS) is 36.8. The van der Waals surface area contributed by atoms with Crippen molar-refractivity contribution in [3.8, 4) is 0 Å². The van der Waals surface area contributed by atoms with Gasteiger partial charge in [0.05, 0.1) is 6.10 Å². The molecule has 2 unspecified atom stereocenters. The van der Waals surface area contributed by atoms with Crippen LogP contribution in [0.5, 0.6) is 0 Å². The highest BCUT2D eigenvalue weighted by atomic mass is 16.5. The average molecular weight is 223 g/mol. The summed E-state index contributed by atoms with van der Waals surface area (Å²) < 4.78 is 5.87.